The van der Waals surface area contributed by atoms with E-state index in [4.69, 9.17) is 0 Å². The Labute approximate surface area is 160 Å². The van der Waals surface area contributed by atoms with Crippen molar-refractivity contribution in [3.8, 4) is 0 Å². The molecule has 1 aliphatic rings. The molecule has 0 aliphatic heterocycles. The molecule has 0 unspecified atom stereocenters. The summed E-state index contributed by atoms with van der Waals surface area (Å²) in [6.45, 7) is 0. The highest BCUT2D eigenvalue weighted by Gasteiger charge is 2.15. The lowest BCUT2D eigenvalue weighted by Crippen LogP contribution is -2.22. The summed E-state index contributed by atoms with van der Waals surface area (Å²) in [6.07, 6.45) is 7.42. The molecule has 1 aliphatic carbocycles. The lowest BCUT2D eigenvalue weighted by molar-refractivity contribution is 0.112. The molecule has 2 aromatic rings. The zero-order valence-electron chi connectivity index (χ0n) is 15.5. The maximum Gasteiger partial charge on any atom is 0.150 e. The van der Waals surface area contributed by atoms with Crippen molar-refractivity contribution in [2.75, 3.05) is 29.0 Å². The van der Waals surface area contributed by atoms with Crippen LogP contribution in [0.25, 0.3) is 0 Å². The van der Waals surface area contributed by atoms with Crippen molar-refractivity contribution >= 4 is 35.3 Å². The molecule has 2 N–H and O–H groups in total. The number of carbonyl (C=O) groups excluding carboxylic acids is 1. The second-order valence-corrected chi connectivity index (χ2v) is 7.94. The van der Waals surface area contributed by atoms with Gasteiger partial charge in [0.1, 0.15) is 6.29 Å². The van der Waals surface area contributed by atoms with Gasteiger partial charge in [0.15, 0.2) is 0 Å². The van der Waals surface area contributed by atoms with Crippen LogP contribution in [0.2, 0.25) is 0 Å². The number of nitrogens with one attached hydrogen (secondary N) is 2. The lowest BCUT2D eigenvalue weighted by Gasteiger charge is -2.25. The fourth-order valence-corrected chi connectivity index (χ4v) is 4.20. The minimum atomic E-state index is 0.591. The molecule has 0 radical (unpaired) electrons. The molecule has 0 bridgehead atoms. The minimum absolute atomic E-state index is 0.591. The standard InChI is InChI=1S/C21H27N3OS/c1-22-21-14-19(12-13-20(21)23-17-6-4-3-5-7-17)26-24(2)18-10-8-16(15-25)9-11-18/h8-15,17,22-23H,3-7H2,1-2H3. The summed E-state index contributed by atoms with van der Waals surface area (Å²) in [5.41, 5.74) is 4.07. The molecule has 5 heteroatoms. The van der Waals surface area contributed by atoms with Crippen LogP contribution in [0, 0.1) is 0 Å². The van der Waals surface area contributed by atoms with E-state index in [0.29, 0.717) is 11.6 Å². The van der Waals surface area contributed by atoms with Gasteiger partial charge in [-0.1, -0.05) is 19.3 Å². The summed E-state index contributed by atoms with van der Waals surface area (Å²) in [5, 5.41) is 7.03. The van der Waals surface area contributed by atoms with Crippen molar-refractivity contribution in [1.29, 1.82) is 0 Å². The van der Waals surface area contributed by atoms with Crippen LogP contribution in [0.1, 0.15) is 42.5 Å². The fraction of sp³-hybridized carbons (Fsp3) is 0.381. The largest absolute Gasteiger partial charge is 0.386 e. The van der Waals surface area contributed by atoms with Gasteiger partial charge in [-0.3, -0.25) is 4.79 Å². The van der Waals surface area contributed by atoms with Gasteiger partial charge >= 0.3 is 0 Å². The van der Waals surface area contributed by atoms with E-state index >= 15 is 0 Å². The average molecular weight is 370 g/mol. The highest BCUT2D eigenvalue weighted by Crippen LogP contribution is 2.33. The van der Waals surface area contributed by atoms with E-state index in [-0.39, 0.29) is 0 Å². The predicted molar refractivity (Wildman–Crippen MR) is 113 cm³/mol. The summed E-state index contributed by atoms with van der Waals surface area (Å²) >= 11 is 1.67. The second kappa shape index (κ2) is 8.99. The normalized spacial score (nSPS) is 14.7. The SMILES string of the molecule is CNc1cc(SN(C)c2ccc(C=O)cc2)ccc1NC1CCCCC1. The van der Waals surface area contributed by atoms with Gasteiger partial charge in [0, 0.05) is 36.3 Å². The van der Waals surface area contributed by atoms with Crippen LogP contribution >= 0.6 is 11.9 Å². The number of carbonyl (C=O) groups is 1. The number of hydrogen-bond donors (Lipinski definition) is 2. The summed E-state index contributed by atoms with van der Waals surface area (Å²) in [6, 6.07) is 14.7. The Kier molecular flexibility index (Phi) is 6.45. The molecular weight excluding hydrogens is 342 g/mol. The van der Waals surface area contributed by atoms with Crippen molar-refractivity contribution in [1.82, 2.24) is 0 Å². The third-order valence-corrected chi connectivity index (χ3v) is 5.81. The summed E-state index contributed by atoms with van der Waals surface area (Å²) in [5.74, 6) is 0. The average Bonchev–Trinajstić information content (AvgIpc) is 2.70. The Morgan fingerprint density at radius 2 is 1.77 bits per heavy atom. The van der Waals surface area contributed by atoms with Gasteiger partial charge in [0.05, 0.1) is 11.4 Å². The molecule has 0 heterocycles. The molecule has 1 saturated carbocycles. The molecular formula is C21H27N3OS. The topological polar surface area (TPSA) is 44.4 Å². The first-order valence-corrected chi connectivity index (χ1v) is 10.0. The van der Waals surface area contributed by atoms with Crippen LogP contribution in [0.5, 0.6) is 0 Å². The maximum atomic E-state index is 10.8. The Morgan fingerprint density at radius 3 is 2.42 bits per heavy atom. The Bertz CT molecular complexity index is 727. The highest BCUT2D eigenvalue weighted by molar-refractivity contribution is 8.00. The van der Waals surface area contributed by atoms with E-state index < -0.39 is 0 Å². The third-order valence-electron chi connectivity index (χ3n) is 4.86. The minimum Gasteiger partial charge on any atom is -0.386 e. The van der Waals surface area contributed by atoms with Crippen molar-refractivity contribution in [2.24, 2.45) is 0 Å². The smallest absolute Gasteiger partial charge is 0.150 e. The summed E-state index contributed by atoms with van der Waals surface area (Å²) in [4.78, 5) is 12.0. The van der Waals surface area contributed by atoms with E-state index in [0.717, 1.165) is 17.7 Å². The number of benzene rings is 2. The molecule has 0 spiro atoms. The van der Waals surface area contributed by atoms with Gasteiger partial charge < -0.3 is 14.9 Å². The molecule has 1 fully saturated rings. The molecule has 4 nitrogen and oxygen atoms in total. The van der Waals surface area contributed by atoms with Crippen LogP contribution in [-0.4, -0.2) is 26.4 Å². The fourth-order valence-electron chi connectivity index (χ4n) is 3.35. The van der Waals surface area contributed by atoms with Crippen molar-refractivity contribution < 1.29 is 4.79 Å². The van der Waals surface area contributed by atoms with Gasteiger partial charge in [-0.2, -0.15) is 0 Å². The van der Waals surface area contributed by atoms with Gasteiger partial charge in [-0.05, 0) is 67.3 Å². The van der Waals surface area contributed by atoms with Gasteiger partial charge in [0.2, 0.25) is 0 Å². The van der Waals surface area contributed by atoms with Gasteiger partial charge in [-0.25, -0.2) is 0 Å². The van der Waals surface area contributed by atoms with Crippen molar-refractivity contribution in [2.45, 2.75) is 43.0 Å². The van der Waals surface area contributed by atoms with E-state index in [9.17, 15) is 4.79 Å². The predicted octanol–water partition coefficient (Wildman–Crippen LogP) is 5.43. The summed E-state index contributed by atoms with van der Waals surface area (Å²) in [7, 11) is 4.01. The Hall–Kier alpha value is -2.14. The van der Waals surface area contributed by atoms with Crippen LogP contribution < -0.4 is 14.9 Å². The molecule has 0 aromatic heterocycles. The van der Waals surface area contributed by atoms with E-state index in [1.54, 1.807) is 11.9 Å². The zero-order valence-corrected chi connectivity index (χ0v) is 16.3. The third kappa shape index (κ3) is 4.73. The monoisotopic (exact) mass is 369 g/mol. The van der Waals surface area contributed by atoms with Crippen LogP contribution in [0.4, 0.5) is 17.1 Å². The quantitative estimate of drug-likeness (QED) is 0.503. The van der Waals surface area contributed by atoms with Crippen LogP contribution in [0.3, 0.4) is 0 Å². The van der Waals surface area contributed by atoms with Gasteiger partial charge in [-0.15, -0.1) is 0 Å². The number of nitrogens with zero attached hydrogens (tertiary/aromatic N) is 1. The van der Waals surface area contributed by atoms with E-state index in [2.05, 4.69) is 33.1 Å². The molecule has 0 amide bonds. The molecule has 3 rings (SSSR count). The molecule has 0 saturated heterocycles. The van der Waals surface area contributed by atoms with Crippen molar-refractivity contribution in [3.63, 3.8) is 0 Å². The summed E-state index contributed by atoms with van der Waals surface area (Å²) < 4.78 is 2.11. The first-order chi connectivity index (χ1) is 12.7. The van der Waals surface area contributed by atoms with E-state index in [1.165, 1.54) is 42.7 Å². The zero-order chi connectivity index (χ0) is 18.4. The molecule has 0 atom stereocenters. The molecule has 26 heavy (non-hydrogen) atoms. The van der Waals surface area contributed by atoms with Crippen LogP contribution in [-0.2, 0) is 0 Å². The number of hydrogen-bond acceptors (Lipinski definition) is 5. The maximum absolute atomic E-state index is 10.8. The lowest BCUT2D eigenvalue weighted by atomic mass is 9.95. The second-order valence-electron chi connectivity index (χ2n) is 6.73. The highest BCUT2D eigenvalue weighted by atomic mass is 32.2. The first-order valence-electron chi connectivity index (χ1n) is 9.25. The first kappa shape index (κ1) is 18.6. The Morgan fingerprint density at radius 1 is 1.04 bits per heavy atom. The van der Waals surface area contributed by atoms with Gasteiger partial charge in [0.25, 0.3) is 0 Å². The van der Waals surface area contributed by atoms with Crippen LogP contribution in [0.15, 0.2) is 47.4 Å². The van der Waals surface area contributed by atoms with Crippen molar-refractivity contribution in [3.05, 3.63) is 48.0 Å². The van der Waals surface area contributed by atoms with E-state index in [1.807, 2.05) is 38.4 Å². The number of rotatable bonds is 7. The number of anilines is 3. The molecule has 138 valence electrons. The molecule has 2 aromatic carbocycles. The number of aldehydes is 1. The Balaban J connectivity index is 1.68.